The molecule has 26 heavy (non-hydrogen) atoms. The van der Waals surface area contributed by atoms with Crippen LogP contribution in [0.5, 0.6) is 5.75 Å². The van der Waals surface area contributed by atoms with Gasteiger partial charge in [-0.1, -0.05) is 24.3 Å². The van der Waals surface area contributed by atoms with Crippen LogP contribution in [-0.2, 0) is 16.0 Å². The van der Waals surface area contributed by atoms with E-state index in [1.54, 1.807) is 0 Å². The largest absolute Gasteiger partial charge is 0.508 e. The zero-order valence-electron chi connectivity index (χ0n) is 14.2. The Bertz CT molecular complexity index is 938. The van der Waals surface area contributed by atoms with Crippen molar-refractivity contribution in [2.45, 2.75) is 12.5 Å². The fraction of sp³-hybridized carbons (Fsp3) is 0.150. The molecule has 1 heterocycles. The number of para-hydroxylation sites is 1. The van der Waals surface area contributed by atoms with Crippen molar-refractivity contribution in [2.24, 2.45) is 0 Å². The molecule has 6 nitrogen and oxygen atoms in total. The van der Waals surface area contributed by atoms with Gasteiger partial charge in [-0.3, -0.25) is 9.78 Å². The number of ether oxygens (including phenoxy) is 1. The molecule has 0 aliphatic heterocycles. The van der Waals surface area contributed by atoms with E-state index in [1.807, 2.05) is 36.4 Å². The summed E-state index contributed by atoms with van der Waals surface area (Å²) in [4.78, 5) is 29.0. The van der Waals surface area contributed by atoms with E-state index in [2.05, 4.69) is 10.3 Å². The summed E-state index contributed by atoms with van der Waals surface area (Å²) in [5, 5.41) is 13.0. The van der Waals surface area contributed by atoms with Gasteiger partial charge < -0.3 is 15.2 Å². The maximum atomic E-state index is 12.4. The third-order valence-corrected chi connectivity index (χ3v) is 3.99. The molecular formula is C20H18N2O4. The second-order valence-corrected chi connectivity index (χ2v) is 5.80. The number of phenols is 1. The monoisotopic (exact) mass is 350 g/mol. The van der Waals surface area contributed by atoms with Crippen molar-refractivity contribution in [2.75, 3.05) is 7.11 Å². The number of benzene rings is 2. The highest BCUT2D eigenvalue weighted by molar-refractivity contribution is 5.97. The summed E-state index contributed by atoms with van der Waals surface area (Å²) >= 11 is 0. The van der Waals surface area contributed by atoms with Crippen LogP contribution in [0, 0.1) is 0 Å². The first-order chi connectivity index (χ1) is 12.6. The molecule has 0 saturated carbocycles. The number of amides is 1. The lowest BCUT2D eigenvalue weighted by atomic mass is 10.1. The molecule has 0 aliphatic rings. The summed E-state index contributed by atoms with van der Waals surface area (Å²) in [6.45, 7) is 0. The zero-order chi connectivity index (χ0) is 18.5. The van der Waals surface area contributed by atoms with Gasteiger partial charge in [0.15, 0.2) is 0 Å². The predicted octanol–water partition coefficient (Wildman–Crippen LogP) is 2.45. The first-order valence-corrected chi connectivity index (χ1v) is 8.09. The maximum absolute atomic E-state index is 12.4. The molecule has 0 bridgehead atoms. The first kappa shape index (κ1) is 17.4. The van der Waals surface area contributed by atoms with Crippen LogP contribution < -0.4 is 5.32 Å². The number of nitrogens with one attached hydrogen (secondary N) is 1. The Morgan fingerprint density at radius 1 is 1.08 bits per heavy atom. The van der Waals surface area contributed by atoms with E-state index in [4.69, 9.17) is 4.74 Å². The SMILES string of the molecule is COC(=O)[C@H](Cc1ccc2ccccc2n1)NC(=O)c1ccc(O)cc1. The van der Waals surface area contributed by atoms with E-state index >= 15 is 0 Å². The van der Waals surface area contributed by atoms with Crippen molar-refractivity contribution in [1.82, 2.24) is 10.3 Å². The van der Waals surface area contributed by atoms with Gasteiger partial charge in [0.25, 0.3) is 5.91 Å². The van der Waals surface area contributed by atoms with Crippen LogP contribution >= 0.6 is 0 Å². The Labute approximate surface area is 150 Å². The molecule has 0 saturated heterocycles. The van der Waals surface area contributed by atoms with Crippen LogP contribution in [0.4, 0.5) is 0 Å². The molecule has 2 N–H and O–H groups in total. The van der Waals surface area contributed by atoms with Gasteiger partial charge in [0.1, 0.15) is 11.8 Å². The standard InChI is InChI=1S/C20H18N2O4/c1-26-20(25)18(22-19(24)14-7-10-16(23)11-8-14)12-15-9-6-13-4-2-3-5-17(13)21-15/h2-11,18,23H,12H2,1H3,(H,22,24)/t18-/m0/s1. The Kier molecular flexibility index (Phi) is 5.12. The minimum absolute atomic E-state index is 0.0615. The first-order valence-electron chi connectivity index (χ1n) is 8.09. The molecule has 1 amide bonds. The lowest BCUT2D eigenvalue weighted by molar-refractivity contribution is -0.142. The highest BCUT2D eigenvalue weighted by atomic mass is 16.5. The topological polar surface area (TPSA) is 88.5 Å². The molecule has 132 valence electrons. The Balaban J connectivity index is 1.79. The van der Waals surface area contributed by atoms with Crippen LogP contribution in [0.3, 0.4) is 0 Å². The van der Waals surface area contributed by atoms with Gasteiger partial charge in [0.05, 0.1) is 12.6 Å². The van der Waals surface area contributed by atoms with E-state index in [-0.39, 0.29) is 12.2 Å². The fourth-order valence-electron chi connectivity index (χ4n) is 2.62. The summed E-state index contributed by atoms with van der Waals surface area (Å²) in [6, 6.07) is 16.3. The van der Waals surface area contributed by atoms with Crippen LogP contribution in [-0.4, -0.2) is 35.1 Å². The molecule has 0 spiro atoms. The number of aromatic hydroxyl groups is 1. The van der Waals surface area contributed by atoms with Crippen molar-refractivity contribution in [3.05, 3.63) is 71.9 Å². The fourth-order valence-corrected chi connectivity index (χ4v) is 2.62. The van der Waals surface area contributed by atoms with Crippen molar-refractivity contribution >= 4 is 22.8 Å². The molecule has 1 atom stereocenters. The molecule has 6 heteroatoms. The number of pyridine rings is 1. The number of carbonyl (C=O) groups is 2. The lowest BCUT2D eigenvalue weighted by Gasteiger charge is -2.16. The molecule has 3 rings (SSSR count). The van der Waals surface area contributed by atoms with Crippen molar-refractivity contribution in [3.8, 4) is 5.75 Å². The van der Waals surface area contributed by atoms with Crippen molar-refractivity contribution in [3.63, 3.8) is 0 Å². The number of nitrogens with zero attached hydrogens (tertiary/aromatic N) is 1. The van der Waals surface area contributed by atoms with Gasteiger partial charge in [-0.2, -0.15) is 0 Å². The summed E-state index contributed by atoms with van der Waals surface area (Å²) in [7, 11) is 1.27. The van der Waals surface area contributed by atoms with Crippen LogP contribution in [0.2, 0.25) is 0 Å². The van der Waals surface area contributed by atoms with E-state index in [0.29, 0.717) is 11.3 Å². The third-order valence-electron chi connectivity index (χ3n) is 3.99. The lowest BCUT2D eigenvalue weighted by Crippen LogP contribution is -2.43. The quantitative estimate of drug-likeness (QED) is 0.690. The van der Waals surface area contributed by atoms with Crippen molar-refractivity contribution < 1.29 is 19.4 Å². The van der Waals surface area contributed by atoms with Crippen LogP contribution in [0.25, 0.3) is 10.9 Å². The Morgan fingerprint density at radius 3 is 2.54 bits per heavy atom. The summed E-state index contributed by atoms with van der Waals surface area (Å²) < 4.78 is 4.81. The average molecular weight is 350 g/mol. The molecule has 1 aromatic heterocycles. The zero-order valence-corrected chi connectivity index (χ0v) is 14.2. The second-order valence-electron chi connectivity index (χ2n) is 5.80. The van der Waals surface area contributed by atoms with Crippen molar-refractivity contribution in [1.29, 1.82) is 0 Å². The highest BCUT2D eigenvalue weighted by Crippen LogP contribution is 2.14. The van der Waals surface area contributed by atoms with E-state index in [9.17, 15) is 14.7 Å². The number of rotatable bonds is 5. The van der Waals surface area contributed by atoms with E-state index in [0.717, 1.165) is 10.9 Å². The number of hydrogen-bond donors (Lipinski definition) is 2. The number of hydrogen-bond acceptors (Lipinski definition) is 5. The van der Waals surface area contributed by atoms with Gasteiger partial charge in [-0.05, 0) is 36.4 Å². The molecule has 2 aromatic carbocycles. The van der Waals surface area contributed by atoms with Gasteiger partial charge >= 0.3 is 5.97 Å². The normalized spacial score (nSPS) is 11.7. The number of phenolic OH excluding ortho intramolecular Hbond substituents is 1. The Hall–Kier alpha value is -3.41. The minimum Gasteiger partial charge on any atom is -0.508 e. The van der Waals surface area contributed by atoms with Gasteiger partial charge in [-0.25, -0.2) is 4.79 Å². The van der Waals surface area contributed by atoms with Crippen LogP contribution in [0.1, 0.15) is 16.1 Å². The van der Waals surface area contributed by atoms with E-state index in [1.165, 1.54) is 31.4 Å². The molecule has 0 fully saturated rings. The molecule has 0 aliphatic carbocycles. The average Bonchev–Trinajstić information content (AvgIpc) is 2.67. The third kappa shape index (κ3) is 3.97. The van der Waals surface area contributed by atoms with Gasteiger partial charge in [0.2, 0.25) is 0 Å². The number of esters is 1. The van der Waals surface area contributed by atoms with Gasteiger partial charge in [0, 0.05) is 23.1 Å². The maximum Gasteiger partial charge on any atom is 0.328 e. The summed E-state index contributed by atoms with van der Waals surface area (Å²) in [5.74, 6) is -0.917. The minimum atomic E-state index is -0.866. The smallest absolute Gasteiger partial charge is 0.328 e. The molecule has 0 unspecified atom stereocenters. The predicted molar refractivity (Wildman–Crippen MR) is 96.8 cm³/mol. The molecular weight excluding hydrogens is 332 g/mol. The van der Waals surface area contributed by atoms with E-state index < -0.39 is 17.9 Å². The Morgan fingerprint density at radius 2 is 1.81 bits per heavy atom. The second kappa shape index (κ2) is 7.65. The van der Waals surface area contributed by atoms with Gasteiger partial charge in [-0.15, -0.1) is 0 Å². The highest BCUT2D eigenvalue weighted by Gasteiger charge is 2.23. The number of aromatic nitrogens is 1. The summed E-state index contributed by atoms with van der Waals surface area (Å²) in [6.07, 6.45) is 0.210. The summed E-state index contributed by atoms with van der Waals surface area (Å²) in [5.41, 5.74) is 1.83. The number of fused-ring (bicyclic) bond motifs is 1. The number of carbonyl (C=O) groups excluding carboxylic acids is 2. The molecule has 3 aromatic rings. The molecule has 0 radical (unpaired) electrons. The number of methoxy groups -OCH3 is 1. The van der Waals surface area contributed by atoms with Crippen LogP contribution in [0.15, 0.2) is 60.7 Å².